The number of benzene rings is 1. The summed E-state index contributed by atoms with van der Waals surface area (Å²) in [6.45, 7) is 8.22. The number of halogens is 1. The minimum absolute atomic E-state index is 0.0240. The highest BCUT2D eigenvalue weighted by Gasteiger charge is 2.25. The van der Waals surface area contributed by atoms with E-state index in [1.165, 1.54) is 12.1 Å². The molecule has 0 amide bonds. The van der Waals surface area contributed by atoms with Gasteiger partial charge in [0.1, 0.15) is 5.82 Å². The quantitative estimate of drug-likeness (QED) is 0.828. The van der Waals surface area contributed by atoms with Crippen molar-refractivity contribution >= 4 is 0 Å². The lowest BCUT2D eigenvalue weighted by Gasteiger charge is -2.29. The first kappa shape index (κ1) is 14.1. The van der Waals surface area contributed by atoms with Gasteiger partial charge >= 0.3 is 0 Å². The maximum absolute atomic E-state index is 13.1. The summed E-state index contributed by atoms with van der Waals surface area (Å²) in [4.78, 5) is 0. The fourth-order valence-electron chi connectivity index (χ4n) is 1.46. The lowest BCUT2D eigenvalue weighted by molar-refractivity contribution is 0.0122. The summed E-state index contributed by atoms with van der Waals surface area (Å²) >= 11 is 0. The van der Waals surface area contributed by atoms with E-state index in [4.69, 9.17) is 0 Å². The van der Waals surface area contributed by atoms with Crippen LogP contribution in [0.2, 0.25) is 0 Å². The molecular weight excluding hydrogens is 217 g/mol. The Balaban J connectivity index is 2.59. The molecule has 0 aliphatic heterocycles. The molecule has 2 atom stereocenters. The van der Waals surface area contributed by atoms with Crippen molar-refractivity contribution in [2.45, 2.75) is 39.3 Å². The molecule has 96 valence electrons. The van der Waals surface area contributed by atoms with Crippen LogP contribution in [0.5, 0.6) is 0 Å². The molecule has 0 aliphatic rings. The number of aliphatic hydroxyl groups is 1. The van der Waals surface area contributed by atoms with Crippen molar-refractivity contribution in [3.8, 4) is 0 Å². The maximum atomic E-state index is 13.1. The van der Waals surface area contributed by atoms with E-state index in [-0.39, 0.29) is 17.8 Å². The summed E-state index contributed by atoms with van der Waals surface area (Å²) in [7, 11) is 0. The highest BCUT2D eigenvalue weighted by atomic mass is 19.1. The molecule has 17 heavy (non-hydrogen) atoms. The van der Waals surface area contributed by atoms with Gasteiger partial charge in [-0.2, -0.15) is 0 Å². The first-order valence-corrected chi connectivity index (χ1v) is 6.04. The summed E-state index contributed by atoms with van der Waals surface area (Å²) < 4.78 is 13.1. The molecule has 2 nitrogen and oxygen atoms in total. The topological polar surface area (TPSA) is 32.3 Å². The van der Waals surface area contributed by atoms with E-state index in [1.807, 2.05) is 33.8 Å². The Morgan fingerprint density at radius 1 is 1.35 bits per heavy atom. The molecule has 1 aromatic carbocycles. The lowest BCUT2D eigenvalue weighted by Crippen LogP contribution is -2.42. The predicted octanol–water partition coefficient (Wildman–Crippen LogP) is 2.88. The van der Waals surface area contributed by atoms with Crippen LogP contribution in [-0.4, -0.2) is 17.3 Å². The average molecular weight is 239 g/mol. The van der Waals surface area contributed by atoms with Crippen LogP contribution in [0.15, 0.2) is 24.3 Å². The van der Waals surface area contributed by atoms with Crippen molar-refractivity contribution in [1.29, 1.82) is 0 Å². The highest BCUT2D eigenvalue weighted by Crippen LogP contribution is 2.18. The molecule has 3 heteroatoms. The molecule has 0 heterocycles. The van der Waals surface area contributed by atoms with Crippen LogP contribution in [0.1, 0.15) is 39.3 Å². The number of hydrogen-bond donors (Lipinski definition) is 2. The monoisotopic (exact) mass is 239 g/mol. The van der Waals surface area contributed by atoms with Gasteiger partial charge in [0.05, 0.1) is 5.60 Å². The number of hydrogen-bond acceptors (Lipinski definition) is 2. The Labute approximate surface area is 103 Å². The summed E-state index contributed by atoms with van der Waals surface area (Å²) in [6, 6.07) is 6.55. The molecular formula is C14H22FNO. The molecule has 1 rings (SSSR count). The van der Waals surface area contributed by atoms with E-state index in [0.717, 1.165) is 5.56 Å². The maximum Gasteiger partial charge on any atom is 0.123 e. The SMILES string of the molecule is CC(NCC(C)(O)C(C)C)c1cccc(F)c1. The van der Waals surface area contributed by atoms with Crippen molar-refractivity contribution in [3.05, 3.63) is 35.6 Å². The molecule has 0 saturated heterocycles. The largest absolute Gasteiger partial charge is 0.389 e. The van der Waals surface area contributed by atoms with Gasteiger partial charge in [-0.3, -0.25) is 0 Å². The molecule has 0 aliphatic carbocycles. The van der Waals surface area contributed by atoms with E-state index >= 15 is 0 Å². The standard InChI is InChI=1S/C14H22FNO/c1-10(2)14(4,17)9-16-11(3)12-6-5-7-13(15)8-12/h5-8,10-11,16-17H,9H2,1-4H3. The molecule has 2 N–H and O–H groups in total. The van der Waals surface area contributed by atoms with E-state index in [2.05, 4.69) is 5.32 Å². The molecule has 0 bridgehead atoms. The summed E-state index contributed by atoms with van der Waals surface area (Å²) in [5.41, 5.74) is 0.145. The van der Waals surface area contributed by atoms with E-state index in [0.29, 0.717) is 6.54 Å². The van der Waals surface area contributed by atoms with Crippen LogP contribution in [0.25, 0.3) is 0 Å². The minimum atomic E-state index is -0.748. The molecule has 0 spiro atoms. The third-order valence-corrected chi connectivity index (χ3v) is 3.36. The first-order chi connectivity index (χ1) is 7.83. The van der Waals surface area contributed by atoms with Crippen molar-refractivity contribution in [2.75, 3.05) is 6.54 Å². The zero-order valence-electron chi connectivity index (χ0n) is 11.0. The van der Waals surface area contributed by atoms with Crippen LogP contribution < -0.4 is 5.32 Å². The molecule has 1 aromatic rings. The zero-order chi connectivity index (χ0) is 13.1. The molecule has 0 aromatic heterocycles. The Bertz CT molecular complexity index is 363. The zero-order valence-corrected chi connectivity index (χ0v) is 11.0. The van der Waals surface area contributed by atoms with Crippen LogP contribution in [-0.2, 0) is 0 Å². The Morgan fingerprint density at radius 3 is 2.53 bits per heavy atom. The van der Waals surface area contributed by atoms with E-state index < -0.39 is 5.60 Å². The van der Waals surface area contributed by atoms with Crippen molar-refractivity contribution in [3.63, 3.8) is 0 Å². The van der Waals surface area contributed by atoms with Crippen molar-refractivity contribution < 1.29 is 9.50 Å². The van der Waals surface area contributed by atoms with Gasteiger partial charge in [-0.1, -0.05) is 26.0 Å². The van der Waals surface area contributed by atoms with Gasteiger partial charge in [0, 0.05) is 12.6 Å². The van der Waals surface area contributed by atoms with Gasteiger partial charge in [-0.05, 0) is 37.5 Å². The molecule has 2 unspecified atom stereocenters. The molecule has 0 saturated carbocycles. The normalized spacial score (nSPS) is 16.9. The van der Waals surface area contributed by atoms with Crippen LogP contribution in [0.3, 0.4) is 0 Å². The number of nitrogens with one attached hydrogen (secondary N) is 1. The van der Waals surface area contributed by atoms with Gasteiger partial charge < -0.3 is 10.4 Å². The fourth-order valence-corrected chi connectivity index (χ4v) is 1.46. The Hall–Kier alpha value is -0.930. The third-order valence-electron chi connectivity index (χ3n) is 3.36. The van der Waals surface area contributed by atoms with Gasteiger partial charge in [-0.15, -0.1) is 0 Å². The smallest absolute Gasteiger partial charge is 0.123 e. The predicted molar refractivity (Wildman–Crippen MR) is 68.3 cm³/mol. The van der Waals surface area contributed by atoms with Crippen molar-refractivity contribution in [2.24, 2.45) is 5.92 Å². The fraction of sp³-hybridized carbons (Fsp3) is 0.571. The Morgan fingerprint density at radius 2 is 2.00 bits per heavy atom. The van der Waals surface area contributed by atoms with Crippen molar-refractivity contribution in [1.82, 2.24) is 5.32 Å². The van der Waals surface area contributed by atoms with Gasteiger partial charge in [0.25, 0.3) is 0 Å². The van der Waals surface area contributed by atoms with E-state index in [9.17, 15) is 9.50 Å². The number of rotatable bonds is 5. The highest BCUT2D eigenvalue weighted by molar-refractivity contribution is 5.19. The van der Waals surface area contributed by atoms with Gasteiger partial charge in [-0.25, -0.2) is 4.39 Å². The second kappa shape index (κ2) is 5.61. The Kier molecular flexibility index (Phi) is 4.66. The first-order valence-electron chi connectivity index (χ1n) is 6.04. The van der Waals surface area contributed by atoms with Crippen LogP contribution in [0.4, 0.5) is 4.39 Å². The van der Waals surface area contributed by atoms with Gasteiger partial charge in [0.15, 0.2) is 0 Å². The van der Waals surface area contributed by atoms with E-state index in [1.54, 1.807) is 6.07 Å². The average Bonchev–Trinajstić information content (AvgIpc) is 2.25. The summed E-state index contributed by atoms with van der Waals surface area (Å²) in [5, 5.41) is 13.3. The molecule has 0 radical (unpaired) electrons. The second-order valence-corrected chi connectivity index (χ2v) is 5.17. The van der Waals surface area contributed by atoms with Crippen LogP contribution in [0, 0.1) is 11.7 Å². The minimum Gasteiger partial charge on any atom is -0.389 e. The summed E-state index contributed by atoms with van der Waals surface area (Å²) in [5.74, 6) is -0.0542. The summed E-state index contributed by atoms with van der Waals surface area (Å²) in [6.07, 6.45) is 0. The van der Waals surface area contributed by atoms with Gasteiger partial charge in [0.2, 0.25) is 0 Å². The van der Waals surface area contributed by atoms with Crippen LogP contribution >= 0.6 is 0 Å². The molecule has 0 fully saturated rings. The third kappa shape index (κ3) is 4.10. The lowest BCUT2D eigenvalue weighted by atomic mass is 9.92. The second-order valence-electron chi connectivity index (χ2n) is 5.17.